The van der Waals surface area contributed by atoms with Gasteiger partial charge in [0.1, 0.15) is 0 Å². The van der Waals surface area contributed by atoms with Crippen molar-refractivity contribution >= 4 is 22.6 Å². The number of rotatable bonds is 4. The Morgan fingerprint density at radius 3 is 2.52 bits per heavy atom. The zero-order valence-corrected chi connectivity index (χ0v) is 14.7. The van der Waals surface area contributed by atoms with E-state index in [1.54, 1.807) is 6.07 Å². The molecule has 4 rings (SSSR count). The zero-order valence-electron chi connectivity index (χ0n) is 13.9. The SMILES string of the molecule is O=C(Nc1nc(-c2ccccc2)ns1)[C@@H]1C[C@@H]1c1ccccc1C(F)(F)F. The van der Waals surface area contributed by atoms with Gasteiger partial charge in [0.15, 0.2) is 5.82 Å². The smallest absolute Gasteiger partial charge is 0.300 e. The number of nitrogens with zero attached hydrogens (tertiary/aromatic N) is 2. The van der Waals surface area contributed by atoms with E-state index in [4.69, 9.17) is 0 Å². The van der Waals surface area contributed by atoms with Crippen molar-refractivity contribution in [2.45, 2.75) is 18.5 Å². The monoisotopic (exact) mass is 389 g/mol. The van der Waals surface area contributed by atoms with Crippen molar-refractivity contribution in [3.05, 3.63) is 65.7 Å². The summed E-state index contributed by atoms with van der Waals surface area (Å²) in [5, 5.41) is 3.02. The van der Waals surface area contributed by atoms with Gasteiger partial charge in [-0.1, -0.05) is 48.5 Å². The van der Waals surface area contributed by atoms with E-state index >= 15 is 0 Å². The lowest BCUT2D eigenvalue weighted by atomic mass is 10.0. The van der Waals surface area contributed by atoms with E-state index in [1.165, 1.54) is 12.1 Å². The molecule has 0 bridgehead atoms. The molecule has 2 atom stereocenters. The number of amides is 1. The molecule has 0 spiro atoms. The molecular formula is C19H14F3N3OS. The van der Waals surface area contributed by atoms with E-state index in [0.717, 1.165) is 23.2 Å². The number of halogens is 3. The maximum Gasteiger partial charge on any atom is 0.416 e. The predicted octanol–water partition coefficient (Wildman–Crippen LogP) is 4.97. The Kier molecular flexibility index (Phi) is 4.43. The van der Waals surface area contributed by atoms with Gasteiger partial charge in [0.25, 0.3) is 0 Å². The molecule has 3 aromatic rings. The first-order valence-electron chi connectivity index (χ1n) is 8.29. The van der Waals surface area contributed by atoms with Crippen LogP contribution >= 0.6 is 11.5 Å². The third-order valence-corrected chi connectivity index (χ3v) is 5.11. The van der Waals surface area contributed by atoms with Crippen molar-refractivity contribution < 1.29 is 18.0 Å². The normalized spacial score (nSPS) is 18.9. The van der Waals surface area contributed by atoms with Gasteiger partial charge in [0, 0.05) is 23.0 Å². The van der Waals surface area contributed by atoms with E-state index in [2.05, 4.69) is 14.7 Å². The van der Waals surface area contributed by atoms with Gasteiger partial charge in [-0.2, -0.15) is 22.5 Å². The molecule has 1 aromatic heterocycles. The summed E-state index contributed by atoms with van der Waals surface area (Å²) in [7, 11) is 0. The third kappa shape index (κ3) is 3.71. The number of hydrogen-bond donors (Lipinski definition) is 1. The largest absolute Gasteiger partial charge is 0.416 e. The van der Waals surface area contributed by atoms with Crippen molar-refractivity contribution in [2.75, 3.05) is 5.32 Å². The molecular weight excluding hydrogens is 375 g/mol. The molecule has 1 heterocycles. The van der Waals surface area contributed by atoms with Gasteiger partial charge in [-0.05, 0) is 24.0 Å². The molecule has 4 nitrogen and oxygen atoms in total. The minimum absolute atomic E-state index is 0.174. The van der Waals surface area contributed by atoms with E-state index in [0.29, 0.717) is 17.4 Å². The molecule has 1 aliphatic carbocycles. The molecule has 1 N–H and O–H groups in total. The molecule has 8 heteroatoms. The number of anilines is 1. The number of aromatic nitrogens is 2. The molecule has 0 radical (unpaired) electrons. The minimum atomic E-state index is -4.43. The highest BCUT2D eigenvalue weighted by Crippen LogP contribution is 2.51. The molecule has 0 unspecified atom stereocenters. The molecule has 1 saturated carbocycles. The van der Waals surface area contributed by atoms with Crippen molar-refractivity contribution in [2.24, 2.45) is 5.92 Å². The number of alkyl halides is 3. The summed E-state index contributed by atoms with van der Waals surface area (Å²) in [6.07, 6.45) is -4.03. The van der Waals surface area contributed by atoms with Crippen LogP contribution in [0.2, 0.25) is 0 Å². The van der Waals surface area contributed by atoms with Gasteiger partial charge in [-0.15, -0.1) is 0 Å². The van der Waals surface area contributed by atoms with Crippen molar-refractivity contribution in [3.8, 4) is 11.4 Å². The summed E-state index contributed by atoms with van der Waals surface area (Å²) in [6.45, 7) is 0. The Morgan fingerprint density at radius 2 is 1.78 bits per heavy atom. The summed E-state index contributed by atoms with van der Waals surface area (Å²) in [6, 6.07) is 14.7. The number of hydrogen-bond acceptors (Lipinski definition) is 4. The molecule has 1 fully saturated rings. The van der Waals surface area contributed by atoms with Crippen LogP contribution in [0.1, 0.15) is 23.5 Å². The fourth-order valence-electron chi connectivity index (χ4n) is 3.08. The van der Waals surface area contributed by atoms with Gasteiger partial charge in [0.05, 0.1) is 5.56 Å². The van der Waals surface area contributed by atoms with Crippen LogP contribution < -0.4 is 5.32 Å². The topological polar surface area (TPSA) is 54.9 Å². The Balaban J connectivity index is 1.45. The minimum Gasteiger partial charge on any atom is -0.300 e. The fourth-order valence-corrected chi connectivity index (χ4v) is 3.68. The number of nitrogens with one attached hydrogen (secondary N) is 1. The van der Waals surface area contributed by atoms with E-state index in [-0.39, 0.29) is 11.5 Å². The molecule has 138 valence electrons. The first kappa shape index (κ1) is 17.7. The Labute approximate surface area is 157 Å². The molecule has 1 aliphatic rings. The van der Waals surface area contributed by atoms with Crippen LogP contribution in [-0.4, -0.2) is 15.3 Å². The van der Waals surface area contributed by atoms with Gasteiger partial charge in [0.2, 0.25) is 11.0 Å². The van der Waals surface area contributed by atoms with Crippen LogP contribution in [0, 0.1) is 5.92 Å². The second-order valence-electron chi connectivity index (χ2n) is 6.31. The lowest BCUT2D eigenvalue weighted by molar-refractivity contribution is -0.138. The Morgan fingerprint density at radius 1 is 1.07 bits per heavy atom. The van der Waals surface area contributed by atoms with E-state index < -0.39 is 23.6 Å². The highest BCUT2D eigenvalue weighted by atomic mass is 32.1. The number of carbonyl (C=O) groups excluding carboxylic acids is 1. The fraction of sp³-hybridized carbons (Fsp3) is 0.211. The Bertz CT molecular complexity index is 972. The van der Waals surface area contributed by atoms with Gasteiger partial charge >= 0.3 is 6.18 Å². The predicted molar refractivity (Wildman–Crippen MR) is 96.3 cm³/mol. The Hall–Kier alpha value is -2.74. The summed E-state index contributed by atoms with van der Waals surface area (Å²) in [5.41, 5.74) is 0.331. The summed E-state index contributed by atoms with van der Waals surface area (Å²) >= 11 is 1.05. The maximum absolute atomic E-state index is 13.2. The highest BCUT2D eigenvalue weighted by Gasteiger charge is 2.48. The first-order chi connectivity index (χ1) is 12.9. The second-order valence-corrected chi connectivity index (χ2v) is 7.06. The molecule has 0 aliphatic heterocycles. The van der Waals surface area contributed by atoms with E-state index in [1.807, 2.05) is 30.3 Å². The van der Waals surface area contributed by atoms with Crippen LogP contribution in [0.15, 0.2) is 54.6 Å². The van der Waals surface area contributed by atoms with Crippen LogP contribution in [0.3, 0.4) is 0 Å². The zero-order chi connectivity index (χ0) is 19.0. The quantitative estimate of drug-likeness (QED) is 0.686. The maximum atomic E-state index is 13.2. The lowest BCUT2D eigenvalue weighted by Crippen LogP contribution is -2.15. The van der Waals surface area contributed by atoms with Crippen molar-refractivity contribution in [1.29, 1.82) is 0 Å². The summed E-state index contributed by atoms with van der Waals surface area (Å²) in [4.78, 5) is 16.7. The van der Waals surface area contributed by atoms with Crippen molar-refractivity contribution in [3.63, 3.8) is 0 Å². The first-order valence-corrected chi connectivity index (χ1v) is 9.07. The van der Waals surface area contributed by atoms with Gasteiger partial charge in [-0.25, -0.2) is 0 Å². The van der Waals surface area contributed by atoms with E-state index in [9.17, 15) is 18.0 Å². The highest BCUT2D eigenvalue weighted by molar-refractivity contribution is 7.10. The van der Waals surface area contributed by atoms with Crippen LogP contribution in [0.25, 0.3) is 11.4 Å². The average molecular weight is 389 g/mol. The molecule has 1 amide bonds. The third-order valence-electron chi connectivity index (χ3n) is 4.48. The van der Waals surface area contributed by atoms with Crippen LogP contribution in [-0.2, 0) is 11.0 Å². The summed E-state index contributed by atoms with van der Waals surface area (Å²) in [5.74, 6) is -0.736. The van der Waals surface area contributed by atoms with Crippen molar-refractivity contribution in [1.82, 2.24) is 9.36 Å². The molecule has 0 saturated heterocycles. The summed E-state index contributed by atoms with van der Waals surface area (Å²) < 4.78 is 43.7. The van der Waals surface area contributed by atoms with Crippen LogP contribution in [0.5, 0.6) is 0 Å². The van der Waals surface area contributed by atoms with Gasteiger partial charge in [-0.3, -0.25) is 4.79 Å². The standard InChI is InChI=1S/C19H14F3N3OS/c20-19(21,22)15-9-5-4-8-12(15)13-10-14(13)17(26)24-18-23-16(25-27-18)11-6-2-1-3-7-11/h1-9,13-14H,10H2,(H,23,24,25,26)/t13-,14-/m1/s1. The van der Waals surface area contributed by atoms with Crippen LogP contribution in [0.4, 0.5) is 18.3 Å². The second kappa shape index (κ2) is 6.77. The molecule has 2 aromatic carbocycles. The molecule has 27 heavy (non-hydrogen) atoms. The lowest BCUT2D eigenvalue weighted by Gasteiger charge is -2.12. The van der Waals surface area contributed by atoms with Gasteiger partial charge < -0.3 is 5.32 Å². The average Bonchev–Trinajstić information content (AvgIpc) is 3.33. The number of benzene rings is 2. The number of carbonyl (C=O) groups is 1.